The second kappa shape index (κ2) is 10.1. The molecule has 0 fully saturated rings. The fourth-order valence-corrected chi connectivity index (χ4v) is 6.70. The minimum Gasteiger partial charge on any atom is -0.374 e. The third-order valence-electron chi connectivity index (χ3n) is 2.72. The molecule has 0 aromatic rings. The van der Waals surface area contributed by atoms with Crippen molar-refractivity contribution in [3.8, 4) is 0 Å². The van der Waals surface area contributed by atoms with E-state index in [4.69, 9.17) is 22.8 Å². The van der Waals surface area contributed by atoms with Crippen LogP contribution in [0.25, 0.3) is 0 Å². The smallest absolute Gasteiger partial charge is 0.374 e. The van der Waals surface area contributed by atoms with Gasteiger partial charge in [0.15, 0.2) is 0 Å². The maximum absolute atomic E-state index is 12.0. The minimum absolute atomic E-state index is 0.0694. The van der Waals surface area contributed by atoms with Gasteiger partial charge in [-0.15, -0.1) is 0 Å². The normalized spacial score (nSPS) is 13.6. The van der Waals surface area contributed by atoms with Gasteiger partial charge in [0, 0.05) is 33.0 Å². The summed E-state index contributed by atoms with van der Waals surface area (Å²) in [6.07, 6.45) is 0. The SMILES string of the molecule is CCOC(C[Si](OCC)(OCC)OCC)(OCC)P(=O)(O)O. The lowest BCUT2D eigenvalue weighted by molar-refractivity contribution is -0.179. The van der Waals surface area contributed by atoms with Gasteiger partial charge in [0.2, 0.25) is 0 Å². The van der Waals surface area contributed by atoms with Crippen molar-refractivity contribution in [3.63, 3.8) is 0 Å². The molecule has 134 valence electrons. The van der Waals surface area contributed by atoms with Gasteiger partial charge in [0.1, 0.15) is 0 Å². The molecule has 0 aromatic carbocycles. The van der Waals surface area contributed by atoms with Crippen LogP contribution in [0.2, 0.25) is 6.04 Å². The second-order valence-electron chi connectivity index (χ2n) is 4.28. The molecule has 0 bridgehead atoms. The van der Waals surface area contributed by atoms with Gasteiger partial charge in [-0.25, -0.2) is 0 Å². The highest BCUT2D eigenvalue weighted by atomic mass is 31.2. The molecule has 0 radical (unpaired) electrons. The Bertz CT molecular complexity index is 325. The van der Waals surface area contributed by atoms with Crippen LogP contribution >= 0.6 is 7.60 Å². The molecule has 0 aliphatic rings. The van der Waals surface area contributed by atoms with Crippen molar-refractivity contribution in [2.45, 2.75) is 46.2 Å². The van der Waals surface area contributed by atoms with E-state index >= 15 is 0 Å². The van der Waals surface area contributed by atoms with Crippen LogP contribution in [0.4, 0.5) is 0 Å². The molecule has 0 aromatic heterocycles. The molecule has 2 N–H and O–H groups in total. The van der Waals surface area contributed by atoms with Crippen molar-refractivity contribution in [1.82, 2.24) is 0 Å². The highest BCUT2D eigenvalue weighted by Crippen LogP contribution is 2.56. The van der Waals surface area contributed by atoms with Crippen molar-refractivity contribution in [2.24, 2.45) is 0 Å². The molecule has 0 aliphatic heterocycles. The first kappa shape index (κ1) is 22.2. The number of hydrogen-bond donors (Lipinski definition) is 2. The van der Waals surface area contributed by atoms with Gasteiger partial charge in [-0.05, 0) is 34.6 Å². The molecule has 8 nitrogen and oxygen atoms in total. The van der Waals surface area contributed by atoms with Gasteiger partial charge in [0.05, 0.1) is 6.04 Å². The largest absolute Gasteiger partial charge is 0.507 e. The van der Waals surface area contributed by atoms with Gasteiger partial charge in [0.25, 0.3) is 5.53 Å². The molecule has 0 atom stereocenters. The van der Waals surface area contributed by atoms with Crippen molar-refractivity contribution in [1.29, 1.82) is 0 Å². The molecule has 0 saturated carbocycles. The van der Waals surface area contributed by atoms with Crippen molar-refractivity contribution in [2.75, 3.05) is 33.0 Å². The van der Waals surface area contributed by atoms with Gasteiger partial charge in [-0.3, -0.25) is 4.57 Å². The summed E-state index contributed by atoms with van der Waals surface area (Å²) in [6.45, 7) is 9.58. The Balaban J connectivity index is 5.72. The highest BCUT2D eigenvalue weighted by Gasteiger charge is 2.59. The van der Waals surface area contributed by atoms with Crippen LogP contribution in [0, 0.1) is 0 Å². The van der Waals surface area contributed by atoms with Gasteiger partial charge >= 0.3 is 16.4 Å². The van der Waals surface area contributed by atoms with Crippen LogP contribution < -0.4 is 0 Å². The molecule has 10 heteroatoms. The van der Waals surface area contributed by atoms with Gasteiger partial charge < -0.3 is 32.5 Å². The van der Waals surface area contributed by atoms with Crippen LogP contribution in [0.15, 0.2) is 0 Å². The Labute approximate surface area is 133 Å². The second-order valence-corrected chi connectivity index (χ2v) is 8.64. The van der Waals surface area contributed by atoms with Crippen molar-refractivity contribution < 1.29 is 37.1 Å². The van der Waals surface area contributed by atoms with E-state index in [2.05, 4.69) is 0 Å². The lowest BCUT2D eigenvalue weighted by Gasteiger charge is -2.38. The third kappa shape index (κ3) is 5.99. The van der Waals surface area contributed by atoms with E-state index in [1.807, 2.05) is 0 Å². The van der Waals surface area contributed by atoms with Crippen LogP contribution in [0.1, 0.15) is 34.6 Å². The van der Waals surface area contributed by atoms with Crippen molar-refractivity contribution in [3.05, 3.63) is 0 Å². The number of ether oxygens (including phenoxy) is 2. The zero-order chi connectivity index (χ0) is 17.3. The Kier molecular flexibility index (Phi) is 10.2. The Morgan fingerprint density at radius 3 is 1.41 bits per heavy atom. The minimum atomic E-state index is -4.76. The lowest BCUT2D eigenvalue weighted by atomic mass is 10.7. The summed E-state index contributed by atoms with van der Waals surface area (Å²) in [5.74, 6) is 0. The van der Waals surface area contributed by atoms with Crippen LogP contribution in [0.3, 0.4) is 0 Å². The Hall–Kier alpha value is 0.167. The molecule has 22 heavy (non-hydrogen) atoms. The maximum Gasteiger partial charge on any atom is 0.507 e. The van der Waals surface area contributed by atoms with E-state index in [9.17, 15) is 14.4 Å². The first-order chi connectivity index (χ1) is 10.3. The quantitative estimate of drug-likeness (QED) is 0.292. The molecule has 0 rings (SSSR count). The van der Waals surface area contributed by atoms with E-state index in [-0.39, 0.29) is 19.3 Å². The molecule has 0 saturated heterocycles. The van der Waals surface area contributed by atoms with Gasteiger partial charge in [-0.2, -0.15) is 0 Å². The first-order valence-corrected chi connectivity index (χ1v) is 11.1. The zero-order valence-electron chi connectivity index (χ0n) is 14.0. The predicted octanol–water partition coefficient (Wildman–Crippen LogP) is 1.94. The lowest BCUT2D eigenvalue weighted by Crippen LogP contribution is -2.53. The average Bonchev–Trinajstić information content (AvgIpc) is 2.38. The van der Waals surface area contributed by atoms with Crippen LogP contribution in [0.5, 0.6) is 0 Å². The van der Waals surface area contributed by atoms with E-state index in [1.165, 1.54) is 0 Å². The van der Waals surface area contributed by atoms with E-state index < -0.39 is 21.9 Å². The summed E-state index contributed by atoms with van der Waals surface area (Å²) in [7, 11) is -8.11. The zero-order valence-corrected chi connectivity index (χ0v) is 15.9. The fourth-order valence-electron chi connectivity index (χ4n) is 2.08. The topological polar surface area (TPSA) is 104 Å². The highest BCUT2D eigenvalue weighted by molar-refractivity contribution is 7.53. The van der Waals surface area contributed by atoms with Crippen LogP contribution in [-0.2, 0) is 27.3 Å². The average molecular weight is 360 g/mol. The molecule has 0 aliphatic carbocycles. The standard InChI is InChI=1S/C12H29O8PSi/c1-6-16-12(17-7-2,21(13,14)15)11-22(18-8-3,19-9-4)20-10-5/h6-11H2,1-5H3,(H2,13,14,15). The molecular weight excluding hydrogens is 331 g/mol. The van der Waals surface area contributed by atoms with E-state index in [0.29, 0.717) is 19.8 Å². The number of rotatable bonds is 13. The molecular formula is C12H29O8PSi. The third-order valence-corrected chi connectivity index (χ3v) is 7.40. The summed E-state index contributed by atoms with van der Waals surface area (Å²) in [4.78, 5) is 19.5. The van der Waals surface area contributed by atoms with E-state index in [1.54, 1.807) is 34.6 Å². The predicted molar refractivity (Wildman–Crippen MR) is 83.5 cm³/mol. The molecule has 0 unspecified atom stereocenters. The summed E-state index contributed by atoms with van der Waals surface area (Å²) in [5.41, 5.74) is -2.12. The monoisotopic (exact) mass is 360 g/mol. The van der Waals surface area contributed by atoms with Gasteiger partial charge in [-0.1, -0.05) is 0 Å². The maximum atomic E-state index is 12.0. The fraction of sp³-hybridized carbons (Fsp3) is 1.00. The Morgan fingerprint density at radius 1 is 0.818 bits per heavy atom. The summed E-state index contributed by atoms with van der Waals surface area (Å²) >= 11 is 0. The Morgan fingerprint density at radius 2 is 1.18 bits per heavy atom. The van der Waals surface area contributed by atoms with Crippen molar-refractivity contribution >= 4 is 16.4 Å². The van der Waals surface area contributed by atoms with E-state index in [0.717, 1.165) is 0 Å². The molecule has 0 heterocycles. The molecule has 0 amide bonds. The first-order valence-electron chi connectivity index (χ1n) is 7.51. The summed E-state index contributed by atoms with van der Waals surface area (Å²) < 4.78 is 39.6. The summed E-state index contributed by atoms with van der Waals surface area (Å²) in [5, 5.41) is 0. The molecule has 0 spiro atoms. The number of hydrogen-bond acceptors (Lipinski definition) is 6. The van der Waals surface area contributed by atoms with Crippen LogP contribution in [-0.4, -0.2) is 57.2 Å². The summed E-state index contributed by atoms with van der Waals surface area (Å²) in [6, 6.07) is -0.276.